The second-order valence-electron chi connectivity index (χ2n) is 3.90. The van der Waals surface area contributed by atoms with Crippen molar-refractivity contribution in [2.75, 3.05) is 0 Å². The minimum absolute atomic E-state index is 0.166. The molecule has 0 aromatic heterocycles. The predicted molar refractivity (Wildman–Crippen MR) is 57.0 cm³/mol. The van der Waals surface area contributed by atoms with Crippen LogP contribution in [0, 0.1) is 0 Å². The van der Waals surface area contributed by atoms with Gasteiger partial charge in [0, 0.05) is 6.08 Å². The number of allylic oxidation sites excluding steroid dienone is 1. The first kappa shape index (κ1) is 11.3. The van der Waals surface area contributed by atoms with Crippen LogP contribution in [0.1, 0.15) is 51.9 Å². The smallest absolute Gasteiger partial charge is 0.330 e. The third-order valence-electron chi connectivity index (χ3n) is 2.64. The highest BCUT2D eigenvalue weighted by Gasteiger charge is 2.13. The molecule has 0 aliphatic heterocycles. The lowest BCUT2D eigenvalue weighted by Crippen LogP contribution is -2.17. The van der Waals surface area contributed by atoms with Crippen molar-refractivity contribution in [2.24, 2.45) is 0 Å². The molecular weight excluding hydrogens is 176 g/mol. The molecule has 0 unspecified atom stereocenters. The number of ether oxygens (including phenoxy) is 1. The molecular formula is C12H20O2. The largest absolute Gasteiger partial charge is 0.459 e. The Bertz CT molecular complexity index is 188. The van der Waals surface area contributed by atoms with Gasteiger partial charge in [-0.3, -0.25) is 0 Å². The lowest BCUT2D eigenvalue weighted by Gasteiger charge is -2.19. The van der Waals surface area contributed by atoms with Gasteiger partial charge in [0.05, 0.1) is 0 Å². The standard InChI is InChI=1S/C12H20O2/c1-2-8-12(13)14-11-9-6-4-3-5-7-10-11/h2,8,11H,3-7,9-10H2,1H3/b8-2+. The number of rotatable bonds is 2. The molecule has 0 spiro atoms. The van der Waals surface area contributed by atoms with Gasteiger partial charge in [0.15, 0.2) is 0 Å². The molecule has 0 atom stereocenters. The van der Waals surface area contributed by atoms with Crippen LogP contribution in [0.2, 0.25) is 0 Å². The van der Waals surface area contributed by atoms with Gasteiger partial charge >= 0.3 is 5.97 Å². The third-order valence-corrected chi connectivity index (χ3v) is 2.64. The topological polar surface area (TPSA) is 26.3 Å². The van der Waals surface area contributed by atoms with Crippen LogP contribution in [0.3, 0.4) is 0 Å². The molecule has 0 amide bonds. The molecule has 1 rings (SSSR count). The molecule has 1 aliphatic rings. The van der Waals surface area contributed by atoms with E-state index in [-0.39, 0.29) is 12.1 Å². The Morgan fingerprint density at radius 3 is 2.29 bits per heavy atom. The van der Waals surface area contributed by atoms with E-state index in [4.69, 9.17) is 4.74 Å². The number of hydrogen-bond acceptors (Lipinski definition) is 2. The van der Waals surface area contributed by atoms with Gasteiger partial charge in [-0.15, -0.1) is 0 Å². The van der Waals surface area contributed by atoms with Crippen molar-refractivity contribution in [2.45, 2.75) is 58.0 Å². The average Bonchev–Trinajstić information content (AvgIpc) is 2.10. The first-order valence-electron chi connectivity index (χ1n) is 5.66. The van der Waals surface area contributed by atoms with E-state index in [2.05, 4.69) is 0 Å². The molecule has 14 heavy (non-hydrogen) atoms. The minimum Gasteiger partial charge on any atom is -0.459 e. The fourth-order valence-corrected chi connectivity index (χ4v) is 1.88. The maximum Gasteiger partial charge on any atom is 0.330 e. The van der Waals surface area contributed by atoms with Crippen LogP contribution in [0.25, 0.3) is 0 Å². The van der Waals surface area contributed by atoms with Gasteiger partial charge in [0.25, 0.3) is 0 Å². The van der Waals surface area contributed by atoms with E-state index in [1.54, 1.807) is 6.08 Å². The van der Waals surface area contributed by atoms with Crippen molar-refractivity contribution in [3.63, 3.8) is 0 Å². The molecule has 2 heteroatoms. The summed E-state index contributed by atoms with van der Waals surface area (Å²) in [5, 5.41) is 0. The first-order chi connectivity index (χ1) is 6.83. The summed E-state index contributed by atoms with van der Waals surface area (Å²) >= 11 is 0. The van der Waals surface area contributed by atoms with Crippen molar-refractivity contribution in [3.05, 3.63) is 12.2 Å². The maximum atomic E-state index is 11.2. The van der Waals surface area contributed by atoms with Crippen LogP contribution in [0.15, 0.2) is 12.2 Å². The van der Waals surface area contributed by atoms with Crippen molar-refractivity contribution in [1.29, 1.82) is 0 Å². The fraction of sp³-hybridized carbons (Fsp3) is 0.750. The molecule has 0 radical (unpaired) electrons. The van der Waals surface area contributed by atoms with Gasteiger partial charge in [-0.05, 0) is 32.6 Å². The summed E-state index contributed by atoms with van der Waals surface area (Å²) in [6, 6.07) is 0. The lowest BCUT2D eigenvalue weighted by atomic mass is 9.99. The van der Waals surface area contributed by atoms with Crippen molar-refractivity contribution >= 4 is 5.97 Å². The monoisotopic (exact) mass is 196 g/mol. The molecule has 2 nitrogen and oxygen atoms in total. The van der Waals surface area contributed by atoms with E-state index < -0.39 is 0 Å². The van der Waals surface area contributed by atoms with Gasteiger partial charge in [-0.2, -0.15) is 0 Å². The van der Waals surface area contributed by atoms with E-state index in [1.165, 1.54) is 38.2 Å². The summed E-state index contributed by atoms with van der Waals surface area (Å²) in [4.78, 5) is 11.2. The summed E-state index contributed by atoms with van der Waals surface area (Å²) in [6.45, 7) is 1.83. The van der Waals surface area contributed by atoms with Crippen LogP contribution in [0.5, 0.6) is 0 Å². The quantitative estimate of drug-likeness (QED) is 0.500. The molecule has 80 valence electrons. The summed E-state index contributed by atoms with van der Waals surface area (Å²) < 4.78 is 5.34. The Kier molecular flexibility index (Phi) is 5.35. The van der Waals surface area contributed by atoms with Crippen molar-refractivity contribution < 1.29 is 9.53 Å². The van der Waals surface area contributed by atoms with Gasteiger partial charge in [0.2, 0.25) is 0 Å². The Balaban J connectivity index is 2.29. The summed E-state index contributed by atoms with van der Waals surface area (Å²) in [5.74, 6) is -0.182. The Labute approximate surface area is 86.3 Å². The SMILES string of the molecule is C/C=C/C(=O)OC1CCCCCCC1. The van der Waals surface area contributed by atoms with Crippen LogP contribution < -0.4 is 0 Å². The van der Waals surface area contributed by atoms with Crippen molar-refractivity contribution in [3.8, 4) is 0 Å². The summed E-state index contributed by atoms with van der Waals surface area (Å²) in [6.07, 6.45) is 11.8. The first-order valence-corrected chi connectivity index (χ1v) is 5.66. The molecule has 1 aliphatic carbocycles. The highest BCUT2D eigenvalue weighted by Crippen LogP contribution is 2.19. The number of carbonyl (C=O) groups is 1. The second kappa shape index (κ2) is 6.63. The van der Waals surface area contributed by atoms with Crippen LogP contribution in [-0.2, 0) is 9.53 Å². The van der Waals surface area contributed by atoms with E-state index in [0.717, 1.165) is 12.8 Å². The van der Waals surface area contributed by atoms with E-state index >= 15 is 0 Å². The maximum absolute atomic E-state index is 11.2. The van der Waals surface area contributed by atoms with Crippen LogP contribution in [-0.4, -0.2) is 12.1 Å². The number of esters is 1. The predicted octanol–water partition coefficient (Wildman–Crippen LogP) is 3.22. The molecule has 0 aromatic rings. The fourth-order valence-electron chi connectivity index (χ4n) is 1.88. The zero-order valence-corrected chi connectivity index (χ0v) is 9.00. The second-order valence-corrected chi connectivity index (χ2v) is 3.90. The Hall–Kier alpha value is -0.790. The van der Waals surface area contributed by atoms with E-state index in [9.17, 15) is 4.79 Å². The van der Waals surface area contributed by atoms with Gasteiger partial charge in [0.1, 0.15) is 6.10 Å². The molecule has 0 heterocycles. The normalized spacial score (nSPS) is 20.4. The van der Waals surface area contributed by atoms with Crippen LogP contribution >= 0.6 is 0 Å². The third kappa shape index (κ3) is 4.45. The molecule has 0 aromatic carbocycles. The minimum atomic E-state index is -0.182. The summed E-state index contributed by atoms with van der Waals surface area (Å²) in [5.41, 5.74) is 0. The van der Waals surface area contributed by atoms with Gasteiger partial charge in [-0.25, -0.2) is 4.79 Å². The van der Waals surface area contributed by atoms with E-state index in [0.29, 0.717) is 0 Å². The molecule has 0 saturated heterocycles. The highest BCUT2D eigenvalue weighted by molar-refractivity contribution is 5.81. The van der Waals surface area contributed by atoms with Gasteiger partial charge < -0.3 is 4.74 Å². The Morgan fingerprint density at radius 1 is 1.14 bits per heavy atom. The van der Waals surface area contributed by atoms with Crippen LogP contribution in [0.4, 0.5) is 0 Å². The zero-order valence-electron chi connectivity index (χ0n) is 9.00. The molecule has 1 fully saturated rings. The van der Waals surface area contributed by atoms with Crippen molar-refractivity contribution in [1.82, 2.24) is 0 Å². The number of hydrogen-bond donors (Lipinski definition) is 0. The zero-order chi connectivity index (χ0) is 10.2. The molecule has 0 N–H and O–H groups in total. The highest BCUT2D eigenvalue weighted by atomic mass is 16.5. The lowest BCUT2D eigenvalue weighted by molar-refractivity contribution is -0.143. The number of carbonyl (C=O) groups excluding carboxylic acids is 1. The Morgan fingerprint density at radius 2 is 1.71 bits per heavy atom. The van der Waals surface area contributed by atoms with E-state index in [1.807, 2.05) is 6.92 Å². The molecule has 1 saturated carbocycles. The average molecular weight is 196 g/mol. The van der Waals surface area contributed by atoms with Gasteiger partial charge in [-0.1, -0.05) is 25.3 Å². The summed E-state index contributed by atoms with van der Waals surface area (Å²) in [7, 11) is 0. The molecule has 0 bridgehead atoms.